The number of rotatable bonds is 7. The number of hydrogen-bond donors (Lipinski definition) is 0. The molecule has 0 aliphatic rings. The highest BCUT2D eigenvalue weighted by Gasteiger charge is 2.34. The summed E-state index contributed by atoms with van der Waals surface area (Å²) in [6.45, 7) is 0. The van der Waals surface area contributed by atoms with Crippen molar-refractivity contribution in [1.82, 2.24) is 0 Å². The lowest BCUT2D eigenvalue weighted by Crippen LogP contribution is -2.21. The minimum atomic E-state index is -0.600. The maximum atomic E-state index is 2.50. The molecular formula is C25H20IP2S. The van der Waals surface area contributed by atoms with E-state index in [0.29, 0.717) is 0 Å². The molecule has 29 heavy (non-hydrogen) atoms. The molecular weight excluding hydrogens is 521 g/mol. The van der Waals surface area contributed by atoms with Gasteiger partial charge in [0.2, 0.25) is 0 Å². The minimum Gasteiger partial charge on any atom is -0.0694 e. The van der Waals surface area contributed by atoms with E-state index in [1.807, 2.05) is 8.93 Å². The molecule has 0 fully saturated rings. The van der Waals surface area contributed by atoms with E-state index in [1.54, 1.807) is 4.73 Å². The van der Waals surface area contributed by atoms with Crippen molar-refractivity contribution in [2.75, 3.05) is 0 Å². The van der Waals surface area contributed by atoms with Gasteiger partial charge in [0.15, 0.2) is 0 Å². The molecule has 0 aliphatic carbocycles. The molecule has 0 spiro atoms. The van der Waals surface area contributed by atoms with Crippen LogP contribution in [0.2, 0.25) is 0 Å². The molecule has 0 aliphatic heterocycles. The van der Waals surface area contributed by atoms with Crippen LogP contribution in [0.25, 0.3) is 0 Å². The van der Waals surface area contributed by atoms with Crippen LogP contribution in [0.15, 0.2) is 121 Å². The lowest BCUT2D eigenvalue weighted by molar-refractivity contribution is 1.74. The smallest absolute Gasteiger partial charge is 0.0694 e. The summed E-state index contributed by atoms with van der Waals surface area (Å²) in [5.41, 5.74) is 0. The first kappa shape index (κ1) is 21.1. The largest absolute Gasteiger partial charge is 0.106 e. The Morgan fingerprint density at radius 2 is 0.690 bits per heavy atom. The summed E-state index contributed by atoms with van der Waals surface area (Å²) in [7, 11) is 0.710. The molecule has 0 aromatic heterocycles. The Labute approximate surface area is 192 Å². The molecule has 0 atom stereocenters. The molecule has 143 valence electrons. The van der Waals surface area contributed by atoms with Gasteiger partial charge in [0.1, 0.15) is 4.73 Å². The summed E-state index contributed by atoms with van der Waals surface area (Å²) in [4.78, 5) is 0. The minimum absolute atomic E-state index is 0.600. The Morgan fingerprint density at radius 3 is 0.897 bits per heavy atom. The zero-order valence-electron chi connectivity index (χ0n) is 15.7. The van der Waals surface area contributed by atoms with E-state index in [1.165, 1.54) is 21.2 Å². The molecule has 4 aromatic rings. The van der Waals surface area contributed by atoms with Crippen molar-refractivity contribution in [1.29, 1.82) is 0 Å². The second-order valence-corrected chi connectivity index (χ2v) is 13.5. The second-order valence-electron chi connectivity index (χ2n) is 6.37. The van der Waals surface area contributed by atoms with Gasteiger partial charge in [-0.3, -0.25) is 0 Å². The molecule has 4 heteroatoms. The Hall–Kier alpha value is -1.18. The van der Waals surface area contributed by atoms with Crippen LogP contribution >= 0.6 is 46.0 Å². The Balaban J connectivity index is 1.88. The van der Waals surface area contributed by atoms with E-state index in [2.05, 4.69) is 143 Å². The quantitative estimate of drug-likeness (QED) is 0.184. The summed E-state index contributed by atoms with van der Waals surface area (Å²) >= 11 is 2.50. The van der Waals surface area contributed by atoms with Gasteiger partial charge in [-0.25, -0.2) is 0 Å². The highest BCUT2D eigenvalue weighted by atomic mass is 127. The van der Waals surface area contributed by atoms with E-state index >= 15 is 0 Å². The molecule has 0 unspecified atom stereocenters. The zero-order chi connectivity index (χ0) is 19.9. The van der Waals surface area contributed by atoms with E-state index < -0.39 is 15.8 Å². The Bertz CT molecular complexity index is 836. The van der Waals surface area contributed by atoms with Crippen LogP contribution in [-0.2, 0) is 0 Å². The fraction of sp³-hybridized carbons (Fsp3) is 0. The van der Waals surface area contributed by atoms with Gasteiger partial charge in [-0.1, -0.05) is 130 Å². The molecule has 0 N–H and O–H groups in total. The maximum Gasteiger partial charge on any atom is 0.106 e. The molecule has 4 rings (SSSR count). The first-order valence-corrected chi connectivity index (χ1v) is 15.4. The standard InChI is InChI=1S/C25H20IP2S/c26-29-25(27(21-13-5-1-6-14-21)22-15-7-2-8-16-22)28(23-17-9-3-10-18-23)24-19-11-4-12-20-24/h1-20H. The molecule has 0 nitrogen and oxygen atoms in total. The summed E-state index contributed by atoms with van der Waals surface area (Å²) in [5.74, 6) is 0. The maximum absolute atomic E-state index is 2.50. The third-order valence-electron chi connectivity index (χ3n) is 4.51. The highest BCUT2D eigenvalue weighted by Crippen LogP contribution is 2.68. The first-order chi connectivity index (χ1) is 14.4. The summed E-state index contributed by atoms with van der Waals surface area (Å²) in [6.07, 6.45) is 0. The van der Waals surface area contributed by atoms with Crippen molar-refractivity contribution < 1.29 is 0 Å². The summed E-state index contributed by atoms with van der Waals surface area (Å²) < 4.78 is 1.56. The van der Waals surface area contributed by atoms with Gasteiger partial charge >= 0.3 is 0 Å². The summed E-state index contributed by atoms with van der Waals surface area (Å²) in [6, 6.07) is 44.0. The average Bonchev–Trinajstić information content (AvgIpc) is 2.81. The second kappa shape index (κ2) is 10.7. The van der Waals surface area contributed by atoms with E-state index in [9.17, 15) is 0 Å². The Morgan fingerprint density at radius 1 is 0.448 bits per heavy atom. The van der Waals surface area contributed by atoms with Gasteiger partial charge in [-0.15, -0.1) is 0 Å². The molecule has 0 amide bonds. The SMILES string of the molecule is IS[C](P(c1ccccc1)c1ccccc1)P(c1ccccc1)c1ccccc1. The molecule has 0 saturated heterocycles. The van der Waals surface area contributed by atoms with Gasteiger partial charge in [-0.05, 0) is 58.3 Å². The van der Waals surface area contributed by atoms with Crippen molar-refractivity contribution in [3.8, 4) is 0 Å². The van der Waals surface area contributed by atoms with Crippen molar-refractivity contribution in [3.63, 3.8) is 0 Å². The predicted molar refractivity (Wildman–Crippen MR) is 143 cm³/mol. The van der Waals surface area contributed by atoms with Crippen LogP contribution in [-0.4, -0.2) is 0 Å². The first-order valence-electron chi connectivity index (χ1n) is 9.34. The topological polar surface area (TPSA) is 0 Å². The molecule has 4 aromatic carbocycles. The lowest BCUT2D eigenvalue weighted by atomic mass is 10.4. The van der Waals surface area contributed by atoms with Crippen LogP contribution in [0.3, 0.4) is 0 Å². The fourth-order valence-electron chi connectivity index (χ4n) is 3.22. The molecule has 0 saturated carbocycles. The average molecular weight is 541 g/mol. The van der Waals surface area contributed by atoms with Gasteiger partial charge in [0.25, 0.3) is 0 Å². The zero-order valence-corrected chi connectivity index (χ0v) is 20.5. The van der Waals surface area contributed by atoms with Crippen LogP contribution in [0.1, 0.15) is 0 Å². The van der Waals surface area contributed by atoms with E-state index in [4.69, 9.17) is 0 Å². The van der Waals surface area contributed by atoms with Gasteiger partial charge in [-0.2, -0.15) is 0 Å². The van der Waals surface area contributed by atoms with Gasteiger partial charge in [0.05, 0.1) is 0 Å². The van der Waals surface area contributed by atoms with Crippen LogP contribution < -0.4 is 21.2 Å². The third-order valence-corrected chi connectivity index (χ3v) is 14.9. The van der Waals surface area contributed by atoms with Crippen molar-refractivity contribution in [2.24, 2.45) is 0 Å². The van der Waals surface area contributed by atoms with E-state index in [0.717, 1.165) is 0 Å². The lowest BCUT2D eigenvalue weighted by Gasteiger charge is -2.33. The number of benzene rings is 4. The van der Waals surface area contributed by atoms with Crippen molar-refractivity contribution in [2.45, 2.75) is 0 Å². The van der Waals surface area contributed by atoms with Crippen molar-refractivity contribution in [3.05, 3.63) is 126 Å². The molecule has 0 heterocycles. The fourth-order valence-corrected chi connectivity index (χ4v) is 14.1. The normalized spacial score (nSPS) is 11.3. The van der Waals surface area contributed by atoms with Crippen LogP contribution in [0.5, 0.6) is 0 Å². The van der Waals surface area contributed by atoms with E-state index in [-0.39, 0.29) is 0 Å². The third kappa shape index (κ3) is 5.12. The van der Waals surface area contributed by atoms with Crippen LogP contribution in [0, 0.1) is 4.73 Å². The Kier molecular flexibility index (Phi) is 7.80. The summed E-state index contributed by atoms with van der Waals surface area (Å²) in [5, 5.41) is 5.64. The van der Waals surface area contributed by atoms with Crippen LogP contribution in [0.4, 0.5) is 0 Å². The number of halogens is 1. The van der Waals surface area contributed by atoms with Gasteiger partial charge in [0, 0.05) is 0 Å². The molecule has 1 radical (unpaired) electrons. The highest BCUT2D eigenvalue weighted by molar-refractivity contribution is 14.2. The molecule has 0 bridgehead atoms. The number of hydrogen-bond acceptors (Lipinski definition) is 1. The van der Waals surface area contributed by atoms with Crippen molar-refractivity contribution >= 4 is 67.2 Å². The monoisotopic (exact) mass is 541 g/mol. The predicted octanol–water partition coefficient (Wildman–Crippen LogP) is 6.78. The van der Waals surface area contributed by atoms with Gasteiger partial charge < -0.3 is 0 Å².